The number of benzene rings is 1. The van der Waals surface area contributed by atoms with Crippen LogP contribution < -0.4 is 0 Å². The van der Waals surface area contributed by atoms with Crippen molar-refractivity contribution in [2.24, 2.45) is 0 Å². The van der Waals surface area contributed by atoms with Crippen molar-refractivity contribution in [1.82, 2.24) is 9.97 Å². The van der Waals surface area contributed by atoms with E-state index in [1.807, 2.05) is 6.07 Å². The minimum absolute atomic E-state index is 0.423. The van der Waals surface area contributed by atoms with Gasteiger partial charge in [0.05, 0.1) is 10.5 Å². The number of nitrogens with zero attached hydrogens (tertiary/aromatic N) is 2. The number of rotatable bonds is 1. The molecule has 4 heteroatoms. The summed E-state index contributed by atoms with van der Waals surface area (Å²) in [7, 11) is 0. The maximum Gasteiger partial charge on any atom is 0.108 e. The Morgan fingerprint density at radius 1 is 1.08 bits per heavy atom. The van der Waals surface area contributed by atoms with E-state index < -0.39 is 0 Å². The quantitative estimate of drug-likeness (QED) is 0.680. The van der Waals surface area contributed by atoms with Crippen LogP contribution in [0.1, 0.15) is 5.56 Å². The van der Waals surface area contributed by atoms with Gasteiger partial charge in [0, 0.05) is 18.3 Å². The van der Waals surface area contributed by atoms with Crippen LogP contribution in [0.25, 0.3) is 11.0 Å². The number of alkyl halides is 1. The average molecular weight is 213 g/mol. The molecule has 0 saturated heterocycles. The van der Waals surface area contributed by atoms with Gasteiger partial charge in [-0.1, -0.05) is 17.7 Å². The summed E-state index contributed by atoms with van der Waals surface area (Å²) in [5.41, 5.74) is 2.45. The molecule has 0 fully saturated rings. The molecule has 0 aliphatic rings. The van der Waals surface area contributed by atoms with Crippen molar-refractivity contribution in [3.63, 3.8) is 0 Å². The van der Waals surface area contributed by atoms with Gasteiger partial charge < -0.3 is 0 Å². The largest absolute Gasteiger partial charge is 0.253 e. The van der Waals surface area contributed by atoms with Crippen LogP contribution in [0.4, 0.5) is 0 Å². The van der Waals surface area contributed by atoms with Crippen molar-refractivity contribution in [2.75, 3.05) is 0 Å². The second-order valence-electron chi connectivity index (χ2n) is 2.59. The molecule has 2 rings (SSSR count). The van der Waals surface area contributed by atoms with Crippen LogP contribution in [0.15, 0.2) is 24.5 Å². The van der Waals surface area contributed by atoms with Crippen molar-refractivity contribution in [3.8, 4) is 0 Å². The summed E-state index contributed by atoms with van der Waals surface area (Å²) in [5, 5.41) is 0.608. The molecule has 0 amide bonds. The predicted octanol–water partition coefficient (Wildman–Crippen LogP) is 3.02. The Labute approximate surface area is 85.5 Å². The molecule has 0 atom stereocenters. The predicted molar refractivity (Wildman–Crippen MR) is 54.1 cm³/mol. The molecule has 1 heterocycles. The smallest absolute Gasteiger partial charge is 0.108 e. The Balaban J connectivity index is 2.84. The van der Waals surface area contributed by atoms with Gasteiger partial charge in [0.1, 0.15) is 5.52 Å². The minimum atomic E-state index is 0.423. The number of hydrogen-bond acceptors (Lipinski definition) is 2. The highest BCUT2D eigenvalue weighted by Crippen LogP contribution is 2.23. The van der Waals surface area contributed by atoms with Crippen molar-refractivity contribution in [2.45, 2.75) is 5.88 Å². The normalized spacial score (nSPS) is 10.6. The van der Waals surface area contributed by atoms with Crippen molar-refractivity contribution in [3.05, 3.63) is 35.1 Å². The molecule has 66 valence electrons. The molecule has 0 saturated carbocycles. The first-order valence-corrected chi connectivity index (χ1v) is 4.68. The average Bonchev–Trinajstić information content (AvgIpc) is 2.19. The molecule has 0 N–H and O–H groups in total. The Hall–Kier alpha value is -0.860. The summed E-state index contributed by atoms with van der Waals surface area (Å²) in [5.74, 6) is 0.423. The lowest BCUT2D eigenvalue weighted by Crippen LogP contribution is -1.88. The first-order chi connectivity index (χ1) is 6.33. The molecule has 0 aliphatic carbocycles. The molecule has 0 unspecified atom stereocenters. The van der Waals surface area contributed by atoms with Gasteiger partial charge in [-0.3, -0.25) is 9.97 Å². The SMILES string of the molecule is ClCc1ccc(Cl)c2nccnc12. The lowest BCUT2D eigenvalue weighted by Gasteiger charge is -2.02. The van der Waals surface area contributed by atoms with Gasteiger partial charge in [-0.15, -0.1) is 11.6 Å². The van der Waals surface area contributed by atoms with E-state index in [0.29, 0.717) is 16.4 Å². The third kappa shape index (κ3) is 1.47. The topological polar surface area (TPSA) is 25.8 Å². The number of halogens is 2. The van der Waals surface area contributed by atoms with Crippen LogP contribution in [0, 0.1) is 0 Å². The van der Waals surface area contributed by atoms with Crippen LogP contribution in [0.2, 0.25) is 5.02 Å². The summed E-state index contributed by atoms with van der Waals surface area (Å²) < 4.78 is 0. The van der Waals surface area contributed by atoms with E-state index in [1.165, 1.54) is 0 Å². The molecule has 0 spiro atoms. The zero-order valence-electron chi connectivity index (χ0n) is 6.67. The molecule has 2 nitrogen and oxygen atoms in total. The van der Waals surface area contributed by atoms with Gasteiger partial charge in [-0.2, -0.15) is 0 Å². The van der Waals surface area contributed by atoms with Crippen molar-refractivity contribution < 1.29 is 0 Å². The highest BCUT2D eigenvalue weighted by atomic mass is 35.5. The molecule has 0 radical (unpaired) electrons. The summed E-state index contributed by atoms with van der Waals surface area (Å²) in [6.45, 7) is 0. The summed E-state index contributed by atoms with van der Waals surface area (Å²) >= 11 is 11.7. The first-order valence-electron chi connectivity index (χ1n) is 3.77. The maximum absolute atomic E-state index is 5.94. The van der Waals surface area contributed by atoms with Crippen LogP contribution in [-0.2, 0) is 5.88 Å². The molecule has 1 aromatic heterocycles. The third-order valence-corrected chi connectivity index (χ3v) is 2.40. The molecule has 13 heavy (non-hydrogen) atoms. The molecule has 2 aromatic rings. The maximum atomic E-state index is 5.94. The van der Waals surface area contributed by atoms with Gasteiger partial charge in [-0.05, 0) is 11.6 Å². The van der Waals surface area contributed by atoms with E-state index >= 15 is 0 Å². The Kier molecular flexibility index (Phi) is 2.34. The monoisotopic (exact) mass is 212 g/mol. The second-order valence-corrected chi connectivity index (χ2v) is 3.27. The van der Waals surface area contributed by atoms with Gasteiger partial charge in [0.2, 0.25) is 0 Å². The van der Waals surface area contributed by atoms with Gasteiger partial charge >= 0.3 is 0 Å². The second kappa shape index (κ2) is 3.48. The molecular formula is C9H6Cl2N2. The summed E-state index contributed by atoms with van der Waals surface area (Å²) in [6, 6.07) is 3.66. The van der Waals surface area contributed by atoms with Crippen LogP contribution in [-0.4, -0.2) is 9.97 Å². The first kappa shape index (κ1) is 8.73. The zero-order valence-corrected chi connectivity index (χ0v) is 8.18. The highest BCUT2D eigenvalue weighted by molar-refractivity contribution is 6.35. The number of fused-ring (bicyclic) bond motifs is 1. The Morgan fingerprint density at radius 3 is 2.46 bits per heavy atom. The van der Waals surface area contributed by atoms with E-state index in [1.54, 1.807) is 18.5 Å². The van der Waals surface area contributed by atoms with Gasteiger partial charge in [0.15, 0.2) is 0 Å². The zero-order chi connectivity index (χ0) is 9.26. The Bertz CT molecular complexity index is 443. The number of hydrogen-bond donors (Lipinski definition) is 0. The molecule has 0 aliphatic heterocycles. The summed E-state index contributed by atoms with van der Waals surface area (Å²) in [6.07, 6.45) is 3.25. The standard InChI is InChI=1S/C9H6Cl2N2/c10-5-6-1-2-7(11)9-8(6)12-3-4-13-9/h1-4H,5H2. The highest BCUT2D eigenvalue weighted by Gasteiger charge is 2.04. The fourth-order valence-corrected chi connectivity index (χ4v) is 1.60. The fourth-order valence-electron chi connectivity index (χ4n) is 1.19. The molecule has 1 aromatic carbocycles. The fraction of sp³-hybridized carbons (Fsp3) is 0.111. The summed E-state index contributed by atoms with van der Waals surface area (Å²) in [4.78, 5) is 8.32. The van der Waals surface area contributed by atoms with Crippen LogP contribution in [0.5, 0.6) is 0 Å². The van der Waals surface area contributed by atoms with Crippen LogP contribution >= 0.6 is 23.2 Å². The van der Waals surface area contributed by atoms with Crippen molar-refractivity contribution in [1.29, 1.82) is 0 Å². The van der Waals surface area contributed by atoms with E-state index in [9.17, 15) is 0 Å². The minimum Gasteiger partial charge on any atom is -0.253 e. The van der Waals surface area contributed by atoms with Gasteiger partial charge in [-0.25, -0.2) is 0 Å². The lowest BCUT2D eigenvalue weighted by atomic mass is 10.2. The number of aromatic nitrogens is 2. The third-order valence-electron chi connectivity index (χ3n) is 1.80. The van der Waals surface area contributed by atoms with E-state index in [0.717, 1.165) is 11.1 Å². The van der Waals surface area contributed by atoms with E-state index in [2.05, 4.69) is 9.97 Å². The molecule has 0 bridgehead atoms. The van der Waals surface area contributed by atoms with Gasteiger partial charge in [0.25, 0.3) is 0 Å². The Morgan fingerprint density at radius 2 is 1.77 bits per heavy atom. The van der Waals surface area contributed by atoms with Crippen molar-refractivity contribution >= 4 is 34.2 Å². The van der Waals surface area contributed by atoms with E-state index in [-0.39, 0.29) is 0 Å². The van der Waals surface area contributed by atoms with E-state index in [4.69, 9.17) is 23.2 Å². The van der Waals surface area contributed by atoms with Crippen LogP contribution in [0.3, 0.4) is 0 Å². The lowest BCUT2D eigenvalue weighted by molar-refractivity contribution is 1.26. The molecular weight excluding hydrogens is 207 g/mol.